The van der Waals surface area contributed by atoms with Gasteiger partial charge in [0.1, 0.15) is 0 Å². The van der Waals surface area contributed by atoms with Crippen LogP contribution in [0, 0.1) is 0 Å². The Kier molecular flexibility index (Phi) is 3.24. The lowest BCUT2D eigenvalue weighted by Crippen LogP contribution is -2.06. The van der Waals surface area contributed by atoms with Crippen LogP contribution in [0.1, 0.15) is 5.69 Å². The van der Waals surface area contributed by atoms with Gasteiger partial charge in [-0.05, 0) is 18.2 Å². The van der Waals surface area contributed by atoms with Gasteiger partial charge in [-0.25, -0.2) is 4.98 Å². The standard InChI is InChI=1S/C12H12N2O2/c15-8-10(16)6-5-9-7-13-11-3-1-2-4-12(11)14-9/h1-7,10,15-16H,8H2. The maximum atomic E-state index is 9.15. The van der Waals surface area contributed by atoms with E-state index in [1.54, 1.807) is 12.3 Å². The fourth-order valence-electron chi connectivity index (χ4n) is 1.32. The summed E-state index contributed by atoms with van der Waals surface area (Å²) in [6.07, 6.45) is 3.90. The van der Waals surface area contributed by atoms with Gasteiger partial charge in [0.05, 0.1) is 35.6 Å². The Morgan fingerprint density at radius 2 is 2.00 bits per heavy atom. The maximum absolute atomic E-state index is 9.15. The molecule has 1 unspecified atom stereocenters. The molecule has 16 heavy (non-hydrogen) atoms. The first kappa shape index (κ1) is 10.7. The number of aromatic nitrogens is 2. The van der Waals surface area contributed by atoms with Gasteiger partial charge in [-0.15, -0.1) is 0 Å². The third-order valence-electron chi connectivity index (χ3n) is 2.14. The number of rotatable bonds is 3. The van der Waals surface area contributed by atoms with E-state index >= 15 is 0 Å². The molecule has 0 radical (unpaired) electrons. The zero-order chi connectivity index (χ0) is 11.4. The molecule has 1 aromatic carbocycles. The molecule has 1 heterocycles. The second-order valence-corrected chi connectivity index (χ2v) is 3.39. The molecule has 82 valence electrons. The van der Waals surface area contributed by atoms with Gasteiger partial charge in [0.2, 0.25) is 0 Å². The molecule has 0 fully saturated rings. The van der Waals surface area contributed by atoms with Crippen LogP contribution in [0.25, 0.3) is 17.1 Å². The minimum absolute atomic E-state index is 0.294. The molecule has 0 saturated carbocycles. The predicted molar refractivity (Wildman–Crippen MR) is 61.7 cm³/mol. The van der Waals surface area contributed by atoms with Crippen LogP contribution in [0.4, 0.5) is 0 Å². The largest absolute Gasteiger partial charge is 0.393 e. The summed E-state index contributed by atoms with van der Waals surface area (Å²) >= 11 is 0. The van der Waals surface area contributed by atoms with Crippen molar-refractivity contribution in [1.29, 1.82) is 0 Å². The van der Waals surface area contributed by atoms with Gasteiger partial charge in [-0.1, -0.05) is 18.2 Å². The normalized spacial score (nSPS) is 13.4. The van der Waals surface area contributed by atoms with Crippen LogP contribution < -0.4 is 0 Å². The van der Waals surface area contributed by atoms with Crippen molar-refractivity contribution < 1.29 is 10.2 Å². The van der Waals surface area contributed by atoms with Gasteiger partial charge >= 0.3 is 0 Å². The summed E-state index contributed by atoms with van der Waals surface area (Å²) in [5.41, 5.74) is 2.30. The molecule has 4 heteroatoms. The summed E-state index contributed by atoms with van der Waals surface area (Å²) in [5, 5.41) is 17.8. The van der Waals surface area contributed by atoms with E-state index in [1.807, 2.05) is 24.3 Å². The van der Waals surface area contributed by atoms with E-state index in [9.17, 15) is 0 Å². The van der Waals surface area contributed by atoms with Gasteiger partial charge in [0.25, 0.3) is 0 Å². The molecule has 0 spiro atoms. The Balaban J connectivity index is 2.29. The van der Waals surface area contributed by atoms with E-state index in [2.05, 4.69) is 9.97 Å². The second kappa shape index (κ2) is 4.83. The first-order valence-electron chi connectivity index (χ1n) is 4.98. The lowest BCUT2D eigenvalue weighted by molar-refractivity contribution is 0.131. The summed E-state index contributed by atoms with van der Waals surface area (Å²) in [7, 11) is 0. The molecule has 1 aromatic heterocycles. The lowest BCUT2D eigenvalue weighted by atomic mass is 10.2. The van der Waals surface area contributed by atoms with Crippen LogP contribution in [0.5, 0.6) is 0 Å². The topological polar surface area (TPSA) is 66.2 Å². The summed E-state index contributed by atoms with van der Waals surface area (Å²) in [4.78, 5) is 8.57. The van der Waals surface area contributed by atoms with E-state index in [0.29, 0.717) is 5.69 Å². The minimum Gasteiger partial charge on any atom is -0.393 e. The first-order chi connectivity index (χ1) is 7.79. The number of fused-ring (bicyclic) bond motifs is 1. The van der Waals surface area contributed by atoms with Gasteiger partial charge < -0.3 is 10.2 Å². The number of aliphatic hydroxyl groups is 2. The molecule has 0 aliphatic carbocycles. The van der Waals surface area contributed by atoms with Crippen LogP contribution >= 0.6 is 0 Å². The van der Waals surface area contributed by atoms with Crippen molar-refractivity contribution >= 4 is 17.1 Å². The van der Waals surface area contributed by atoms with Gasteiger partial charge in [-0.2, -0.15) is 0 Å². The number of benzene rings is 1. The molecule has 0 aliphatic heterocycles. The molecule has 0 saturated heterocycles. The molecule has 0 bridgehead atoms. The Morgan fingerprint density at radius 1 is 1.25 bits per heavy atom. The molecular weight excluding hydrogens is 204 g/mol. The molecule has 2 N–H and O–H groups in total. The Hall–Kier alpha value is -1.78. The van der Waals surface area contributed by atoms with E-state index in [1.165, 1.54) is 6.08 Å². The fourth-order valence-corrected chi connectivity index (χ4v) is 1.32. The predicted octanol–water partition coefficient (Wildman–Crippen LogP) is 0.996. The third kappa shape index (κ3) is 2.42. The average molecular weight is 216 g/mol. The van der Waals surface area contributed by atoms with Crippen molar-refractivity contribution in [2.24, 2.45) is 0 Å². The van der Waals surface area contributed by atoms with Gasteiger partial charge in [-0.3, -0.25) is 4.98 Å². The van der Waals surface area contributed by atoms with Gasteiger partial charge in [0, 0.05) is 0 Å². The molecular formula is C12H12N2O2. The highest BCUT2D eigenvalue weighted by Gasteiger charge is 1.97. The van der Waals surface area contributed by atoms with Crippen LogP contribution in [-0.4, -0.2) is 32.9 Å². The maximum Gasteiger partial charge on any atom is 0.0955 e. The van der Waals surface area contributed by atoms with Crippen molar-refractivity contribution in [3.63, 3.8) is 0 Å². The van der Waals surface area contributed by atoms with E-state index in [4.69, 9.17) is 10.2 Å². The number of aliphatic hydroxyl groups excluding tert-OH is 2. The summed E-state index contributed by atoms with van der Waals surface area (Å²) < 4.78 is 0. The molecule has 4 nitrogen and oxygen atoms in total. The zero-order valence-corrected chi connectivity index (χ0v) is 8.61. The highest BCUT2D eigenvalue weighted by atomic mass is 16.3. The van der Waals surface area contributed by atoms with Gasteiger partial charge in [0.15, 0.2) is 0 Å². The molecule has 2 aromatic rings. The van der Waals surface area contributed by atoms with Crippen molar-refractivity contribution in [2.45, 2.75) is 6.10 Å². The number of hydrogen-bond donors (Lipinski definition) is 2. The zero-order valence-electron chi connectivity index (χ0n) is 8.61. The Morgan fingerprint density at radius 3 is 2.75 bits per heavy atom. The molecule has 0 aliphatic rings. The smallest absolute Gasteiger partial charge is 0.0955 e. The van der Waals surface area contributed by atoms with E-state index in [-0.39, 0.29) is 6.61 Å². The molecule has 0 amide bonds. The van der Waals surface area contributed by atoms with Crippen molar-refractivity contribution in [2.75, 3.05) is 6.61 Å². The molecule has 2 rings (SSSR count). The minimum atomic E-state index is -0.853. The van der Waals surface area contributed by atoms with Crippen LogP contribution in [0.2, 0.25) is 0 Å². The second-order valence-electron chi connectivity index (χ2n) is 3.39. The average Bonchev–Trinajstić information content (AvgIpc) is 2.35. The van der Waals surface area contributed by atoms with Crippen LogP contribution in [-0.2, 0) is 0 Å². The van der Waals surface area contributed by atoms with Crippen LogP contribution in [0.15, 0.2) is 36.5 Å². The fraction of sp³-hybridized carbons (Fsp3) is 0.167. The summed E-state index contributed by atoms with van der Waals surface area (Å²) in [5.74, 6) is 0. The van der Waals surface area contributed by atoms with E-state index < -0.39 is 6.10 Å². The number of para-hydroxylation sites is 2. The Labute approximate surface area is 92.9 Å². The first-order valence-corrected chi connectivity index (χ1v) is 4.98. The summed E-state index contributed by atoms with van der Waals surface area (Å²) in [6.45, 7) is -0.294. The highest BCUT2D eigenvalue weighted by Crippen LogP contribution is 2.09. The Bertz CT molecular complexity index is 511. The lowest BCUT2D eigenvalue weighted by Gasteiger charge is -1.99. The third-order valence-corrected chi connectivity index (χ3v) is 2.14. The number of hydrogen-bond acceptors (Lipinski definition) is 4. The van der Waals surface area contributed by atoms with Crippen molar-refractivity contribution in [3.05, 3.63) is 42.2 Å². The SMILES string of the molecule is OCC(O)C=Cc1cnc2ccccc2n1. The summed E-state index contributed by atoms with van der Waals surface area (Å²) in [6, 6.07) is 7.57. The molecule has 1 atom stereocenters. The van der Waals surface area contributed by atoms with Crippen LogP contribution in [0.3, 0.4) is 0 Å². The monoisotopic (exact) mass is 216 g/mol. The van der Waals surface area contributed by atoms with Crippen molar-refractivity contribution in [1.82, 2.24) is 9.97 Å². The number of nitrogens with zero attached hydrogens (tertiary/aromatic N) is 2. The van der Waals surface area contributed by atoms with Crippen molar-refractivity contribution in [3.8, 4) is 0 Å². The quantitative estimate of drug-likeness (QED) is 0.803. The highest BCUT2D eigenvalue weighted by molar-refractivity contribution is 5.74. The van der Waals surface area contributed by atoms with E-state index in [0.717, 1.165) is 11.0 Å².